The molecular weight excluding hydrogens is 206 g/mol. The summed E-state index contributed by atoms with van der Waals surface area (Å²) in [5, 5.41) is 13.0. The van der Waals surface area contributed by atoms with Crippen LogP contribution in [0.5, 0.6) is 0 Å². The molecule has 0 radical (unpaired) electrons. The molecule has 3 heteroatoms. The van der Waals surface area contributed by atoms with Gasteiger partial charge < -0.3 is 10.4 Å². The summed E-state index contributed by atoms with van der Waals surface area (Å²) in [4.78, 5) is 0. The van der Waals surface area contributed by atoms with Crippen molar-refractivity contribution in [3.8, 4) is 0 Å². The molecule has 0 aromatic heterocycles. The summed E-state index contributed by atoms with van der Waals surface area (Å²) in [6, 6.07) is 0. The molecule has 0 spiro atoms. The fourth-order valence-corrected chi connectivity index (χ4v) is 2.92. The van der Waals surface area contributed by atoms with Crippen molar-refractivity contribution in [1.29, 1.82) is 0 Å². The van der Waals surface area contributed by atoms with Gasteiger partial charge in [0.1, 0.15) is 0 Å². The van der Waals surface area contributed by atoms with E-state index in [4.69, 9.17) is 0 Å². The average molecular weight is 231 g/mol. The largest absolute Gasteiger partial charge is 0.390 e. The number of rotatable bonds is 7. The molecule has 2 nitrogen and oxygen atoms in total. The minimum Gasteiger partial charge on any atom is -0.390 e. The molecule has 2 N–H and O–H groups in total. The van der Waals surface area contributed by atoms with Gasteiger partial charge in [0.2, 0.25) is 0 Å². The Bertz CT molecular complexity index is 161. The predicted molar refractivity (Wildman–Crippen MR) is 68.5 cm³/mol. The maximum Gasteiger partial charge on any atom is 0.0681 e. The quantitative estimate of drug-likeness (QED) is 0.659. The van der Waals surface area contributed by atoms with Gasteiger partial charge in [0.05, 0.1) is 5.60 Å². The van der Waals surface area contributed by atoms with Crippen LogP contribution in [0, 0.1) is 5.92 Å². The molecule has 0 heterocycles. The number of hydrogen-bond acceptors (Lipinski definition) is 3. The smallest absolute Gasteiger partial charge is 0.0681 e. The summed E-state index contributed by atoms with van der Waals surface area (Å²) >= 11 is 1.83. The number of hydrogen-bond donors (Lipinski definition) is 2. The van der Waals surface area contributed by atoms with E-state index in [0.717, 1.165) is 24.0 Å². The first kappa shape index (κ1) is 13.3. The van der Waals surface area contributed by atoms with Crippen LogP contribution >= 0.6 is 11.8 Å². The van der Waals surface area contributed by atoms with E-state index < -0.39 is 5.60 Å². The lowest BCUT2D eigenvalue weighted by Gasteiger charge is -2.16. The van der Waals surface area contributed by atoms with Crippen molar-refractivity contribution in [1.82, 2.24) is 5.32 Å². The van der Waals surface area contributed by atoms with E-state index in [9.17, 15) is 5.11 Å². The van der Waals surface area contributed by atoms with Gasteiger partial charge in [-0.25, -0.2) is 0 Å². The normalized spacial score (nSPS) is 18.6. The first-order valence-electron chi connectivity index (χ1n) is 6.09. The summed E-state index contributed by atoms with van der Waals surface area (Å²) in [6.45, 7) is 6.01. The zero-order valence-electron chi connectivity index (χ0n) is 10.1. The molecule has 0 saturated heterocycles. The summed E-state index contributed by atoms with van der Waals surface area (Å²) in [5.41, 5.74) is -0.518. The highest BCUT2D eigenvalue weighted by Gasteiger charge is 2.14. The van der Waals surface area contributed by atoms with Gasteiger partial charge >= 0.3 is 0 Å². The Morgan fingerprint density at radius 2 is 2.00 bits per heavy atom. The van der Waals surface area contributed by atoms with Gasteiger partial charge in [-0.15, -0.1) is 0 Å². The second kappa shape index (κ2) is 6.77. The topological polar surface area (TPSA) is 32.3 Å². The van der Waals surface area contributed by atoms with Crippen molar-refractivity contribution in [2.75, 3.05) is 24.6 Å². The molecule has 1 saturated carbocycles. The highest BCUT2D eigenvalue weighted by atomic mass is 32.2. The van der Waals surface area contributed by atoms with Crippen molar-refractivity contribution in [3.05, 3.63) is 0 Å². The molecule has 1 aliphatic rings. The maximum absolute atomic E-state index is 9.51. The van der Waals surface area contributed by atoms with Crippen LogP contribution in [0.15, 0.2) is 0 Å². The van der Waals surface area contributed by atoms with Crippen LogP contribution in [0.3, 0.4) is 0 Å². The van der Waals surface area contributed by atoms with Crippen LogP contribution in [0.1, 0.15) is 39.5 Å². The van der Waals surface area contributed by atoms with Crippen LogP contribution in [-0.4, -0.2) is 35.3 Å². The molecule has 0 aliphatic heterocycles. The third-order valence-electron chi connectivity index (χ3n) is 2.79. The Labute approximate surface area is 98.2 Å². The minimum absolute atomic E-state index is 0.518. The van der Waals surface area contributed by atoms with Crippen molar-refractivity contribution in [2.24, 2.45) is 5.92 Å². The molecule has 0 bridgehead atoms. The second-order valence-corrected chi connectivity index (χ2v) is 6.32. The van der Waals surface area contributed by atoms with Gasteiger partial charge in [0.15, 0.2) is 0 Å². The molecular formula is C12H25NOS. The highest BCUT2D eigenvalue weighted by molar-refractivity contribution is 7.99. The Morgan fingerprint density at radius 3 is 2.60 bits per heavy atom. The van der Waals surface area contributed by atoms with E-state index in [1.54, 1.807) is 0 Å². The van der Waals surface area contributed by atoms with E-state index in [1.165, 1.54) is 32.2 Å². The Morgan fingerprint density at radius 1 is 1.33 bits per heavy atom. The predicted octanol–water partition coefficient (Wildman–Crippen LogP) is 2.27. The number of aliphatic hydroxyl groups is 1. The molecule has 1 aliphatic carbocycles. The van der Waals surface area contributed by atoms with Gasteiger partial charge in [0, 0.05) is 18.1 Å². The summed E-state index contributed by atoms with van der Waals surface area (Å²) in [5.74, 6) is 2.87. The first-order chi connectivity index (χ1) is 7.08. The van der Waals surface area contributed by atoms with Crippen LogP contribution in [0.25, 0.3) is 0 Å². The van der Waals surface area contributed by atoms with Gasteiger partial charge in [-0.1, -0.05) is 12.8 Å². The molecule has 0 atom stereocenters. The number of nitrogens with one attached hydrogen (secondary N) is 1. The van der Waals surface area contributed by atoms with Crippen LogP contribution in [0.4, 0.5) is 0 Å². The van der Waals surface area contributed by atoms with Crippen molar-refractivity contribution < 1.29 is 5.11 Å². The third-order valence-corrected chi connectivity index (χ3v) is 4.19. The second-order valence-electron chi connectivity index (χ2n) is 5.22. The molecule has 1 rings (SSSR count). The lowest BCUT2D eigenvalue weighted by molar-refractivity contribution is 0.107. The fourth-order valence-electron chi connectivity index (χ4n) is 1.99. The van der Waals surface area contributed by atoms with Gasteiger partial charge in [-0.3, -0.25) is 0 Å². The molecule has 0 aromatic rings. The van der Waals surface area contributed by atoms with Gasteiger partial charge in [-0.2, -0.15) is 11.8 Å². The van der Waals surface area contributed by atoms with E-state index in [2.05, 4.69) is 5.32 Å². The molecule has 15 heavy (non-hydrogen) atoms. The Kier molecular flexibility index (Phi) is 6.02. The lowest BCUT2D eigenvalue weighted by atomic mass is 10.1. The fraction of sp³-hybridized carbons (Fsp3) is 1.00. The first-order valence-corrected chi connectivity index (χ1v) is 7.24. The molecule has 0 unspecified atom stereocenters. The van der Waals surface area contributed by atoms with E-state index in [-0.39, 0.29) is 0 Å². The van der Waals surface area contributed by atoms with Gasteiger partial charge in [-0.05, 0) is 39.2 Å². The zero-order chi connectivity index (χ0) is 11.1. The standard InChI is InChI=1S/C12H25NOS/c1-12(2,14)10-15-8-7-13-9-11-5-3-4-6-11/h11,13-14H,3-10H2,1-2H3. The summed E-state index contributed by atoms with van der Waals surface area (Å²) in [6.07, 6.45) is 5.70. The van der Waals surface area contributed by atoms with E-state index in [0.29, 0.717) is 0 Å². The monoisotopic (exact) mass is 231 g/mol. The molecule has 0 aromatic carbocycles. The van der Waals surface area contributed by atoms with E-state index in [1.807, 2.05) is 25.6 Å². The van der Waals surface area contributed by atoms with Crippen molar-refractivity contribution in [2.45, 2.75) is 45.1 Å². The summed E-state index contributed by atoms with van der Waals surface area (Å²) < 4.78 is 0. The van der Waals surface area contributed by atoms with E-state index >= 15 is 0 Å². The lowest BCUT2D eigenvalue weighted by Crippen LogP contribution is -2.26. The van der Waals surface area contributed by atoms with Crippen molar-refractivity contribution >= 4 is 11.8 Å². The minimum atomic E-state index is -0.518. The van der Waals surface area contributed by atoms with Crippen LogP contribution < -0.4 is 5.32 Å². The maximum atomic E-state index is 9.51. The van der Waals surface area contributed by atoms with Gasteiger partial charge in [0.25, 0.3) is 0 Å². The average Bonchev–Trinajstić information content (AvgIpc) is 2.61. The summed E-state index contributed by atoms with van der Waals surface area (Å²) in [7, 11) is 0. The SMILES string of the molecule is CC(C)(O)CSCCNCC1CCCC1. The van der Waals surface area contributed by atoms with Crippen molar-refractivity contribution in [3.63, 3.8) is 0 Å². The van der Waals surface area contributed by atoms with Crippen LogP contribution in [0.2, 0.25) is 0 Å². The number of thioether (sulfide) groups is 1. The molecule has 90 valence electrons. The molecule has 1 fully saturated rings. The zero-order valence-corrected chi connectivity index (χ0v) is 10.9. The Balaban J connectivity index is 1.84. The van der Waals surface area contributed by atoms with Crippen LogP contribution in [-0.2, 0) is 0 Å². The Hall–Kier alpha value is 0.270. The third kappa shape index (κ3) is 7.20. The highest BCUT2D eigenvalue weighted by Crippen LogP contribution is 2.23. The molecule has 0 amide bonds.